The molecule has 0 bridgehead atoms. The average Bonchev–Trinajstić information content (AvgIpc) is 2.79. The van der Waals surface area contributed by atoms with Crippen LogP contribution < -0.4 is 0 Å². The first-order valence-corrected chi connectivity index (χ1v) is 6.94. The highest BCUT2D eigenvalue weighted by molar-refractivity contribution is 7.89. The van der Waals surface area contributed by atoms with Gasteiger partial charge < -0.3 is 4.42 Å². The molecule has 6 heteroatoms. The van der Waals surface area contributed by atoms with E-state index in [1.165, 1.54) is 23.5 Å². The van der Waals surface area contributed by atoms with Crippen LogP contribution in [0.15, 0.2) is 21.6 Å². The van der Waals surface area contributed by atoms with E-state index in [0.717, 1.165) is 12.8 Å². The Balaban J connectivity index is 3.05. The maximum atomic E-state index is 12.1. The van der Waals surface area contributed by atoms with Crippen LogP contribution in [0.25, 0.3) is 0 Å². The van der Waals surface area contributed by atoms with E-state index in [1.54, 1.807) is 0 Å². The van der Waals surface area contributed by atoms with E-state index in [2.05, 4.69) is 0 Å². The average molecular weight is 259 g/mol. The van der Waals surface area contributed by atoms with Crippen LogP contribution in [-0.4, -0.2) is 32.1 Å². The summed E-state index contributed by atoms with van der Waals surface area (Å²) in [6, 6.07) is 2.59. The van der Waals surface area contributed by atoms with Crippen molar-refractivity contribution in [3.8, 4) is 0 Å². The van der Waals surface area contributed by atoms with Gasteiger partial charge in [-0.1, -0.05) is 13.8 Å². The van der Waals surface area contributed by atoms with E-state index in [-0.39, 0.29) is 16.9 Å². The van der Waals surface area contributed by atoms with Crippen LogP contribution in [0.4, 0.5) is 0 Å². The fraction of sp³-hybridized carbons (Fsp3) is 0.545. The van der Waals surface area contributed by atoms with Gasteiger partial charge >= 0.3 is 0 Å². The summed E-state index contributed by atoms with van der Waals surface area (Å²) < 4.78 is 30.5. The minimum absolute atomic E-state index is 0.0153. The summed E-state index contributed by atoms with van der Waals surface area (Å²) in [6.45, 7) is 3.86. The number of carbonyl (C=O) groups is 1. The van der Waals surface area contributed by atoms with Crippen LogP contribution >= 0.6 is 0 Å². The van der Waals surface area contributed by atoms with Gasteiger partial charge in [0.1, 0.15) is 0 Å². The predicted molar refractivity (Wildman–Crippen MR) is 63.4 cm³/mol. The fourth-order valence-electron chi connectivity index (χ4n) is 1.68. The third-order valence-corrected chi connectivity index (χ3v) is 4.59. The SMILES string of the molecule is CCC(CC)N(C)S(=O)(=O)c1ccc(C=O)o1. The van der Waals surface area contributed by atoms with Gasteiger partial charge in [0.05, 0.1) is 0 Å². The molecule has 1 heterocycles. The predicted octanol–water partition coefficient (Wildman–Crippen LogP) is 1.90. The third kappa shape index (κ3) is 2.76. The second-order valence-corrected chi connectivity index (χ2v) is 5.69. The van der Waals surface area contributed by atoms with Crippen LogP contribution in [0.5, 0.6) is 0 Å². The van der Waals surface area contributed by atoms with Crippen molar-refractivity contribution in [1.29, 1.82) is 0 Å². The van der Waals surface area contributed by atoms with E-state index in [9.17, 15) is 13.2 Å². The van der Waals surface area contributed by atoms with E-state index >= 15 is 0 Å². The van der Waals surface area contributed by atoms with Crippen molar-refractivity contribution in [2.75, 3.05) is 7.05 Å². The van der Waals surface area contributed by atoms with Crippen molar-refractivity contribution >= 4 is 16.3 Å². The molecule has 0 saturated heterocycles. The van der Waals surface area contributed by atoms with Crippen molar-refractivity contribution in [1.82, 2.24) is 4.31 Å². The zero-order valence-corrected chi connectivity index (χ0v) is 11.0. The highest BCUT2D eigenvalue weighted by Crippen LogP contribution is 2.21. The normalized spacial score (nSPS) is 12.3. The van der Waals surface area contributed by atoms with Gasteiger partial charge in [0.2, 0.25) is 5.09 Å². The van der Waals surface area contributed by atoms with E-state index < -0.39 is 10.0 Å². The summed E-state index contributed by atoms with van der Waals surface area (Å²) in [5.74, 6) is 0.0153. The summed E-state index contributed by atoms with van der Waals surface area (Å²) in [5.41, 5.74) is 0. The van der Waals surface area contributed by atoms with Gasteiger partial charge in [-0.25, -0.2) is 8.42 Å². The van der Waals surface area contributed by atoms with Gasteiger partial charge in [0, 0.05) is 13.1 Å². The molecule has 0 aliphatic carbocycles. The summed E-state index contributed by atoms with van der Waals surface area (Å²) >= 11 is 0. The Bertz CT molecular complexity index is 473. The number of rotatable bonds is 6. The van der Waals surface area contributed by atoms with Crippen LogP contribution in [0.2, 0.25) is 0 Å². The highest BCUT2D eigenvalue weighted by atomic mass is 32.2. The standard InChI is InChI=1S/C11H17NO4S/c1-4-9(5-2)12(3)17(14,15)11-7-6-10(8-13)16-11/h6-9H,4-5H2,1-3H3. The van der Waals surface area contributed by atoms with Gasteiger partial charge in [0.25, 0.3) is 10.0 Å². The zero-order valence-electron chi connectivity index (χ0n) is 10.2. The van der Waals surface area contributed by atoms with Crippen molar-refractivity contribution in [3.63, 3.8) is 0 Å². The monoisotopic (exact) mass is 259 g/mol. The molecule has 0 fully saturated rings. The largest absolute Gasteiger partial charge is 0.440 e. The molecule has 0 N–H and O–H groups in total. The lowest BCUT2D eigenvalue weighted by Crippen LogP contribution is -2.36. The second kappa shape index (κ2) is 5.46. The number of hydrogen-bond acceptors (Lipinski definition) is 4. The molecule has 0 radical (unpaired) electrons. The molecule has 96 valence electrons. The minimum Gasteiger partial charge on any atom is -0.440 e. The summed E-state index contributed by atoms with van der Waals surface area (Å²) in [5, 5.41) is -0.186. The Morgan fingerprint density at radius 1 is 1.35 bits per heavy atom. The molecule has 0 aromatic carbocycles. The lowest BCUT2D eigenvalue weighted by molar-refractivity contribution is 0.109. The Labute approximate surface area is 101 Å². The summed E-state index contributed by atoms with van der Waals surface area (Å²) in [6.07, 6.45) is 1.94. The molecule has 1 aromatic heterocycles. The fourth-order valence-corrected chi connectivity index (χ4v) is 3.09. The highest BCUT2D eigenvalue weighted by Gasteiger charge is 2.28. The topological polar surface area (TPSA) is 67.6 Å². The number of hydrogen-bond donors (Lipinski definition) is 0. The number of carbonyl (C=O) groups excluding carboxylic acids is 1. The number of furan rings is 1. The lowest BCUT2D eigenvalue weighted by Gasteiger charge is -2.24. The Morgan fingerprint density at radius 2 is 1.94 bits per heavy atom. The van der Waals surface area contributed by atoms with E-state index in [4.69, 9.17) is 4.42 Å². The maximum Gasteiger partial charge on any atom is 0.276 e. The molecule has 0 aliphatic rings. The molecule has 17 heavy (non-hydrogen) atoms. The van der Waals surface area contributed by atoms with Crippen molar-refractivity contribution in [3.05, 3.63) is 17.9 Å². The molecular formula is C11H17NO4S. The van der Waals surface area contributed by atoms with Crippen LogP contribution in [0.1, 0.15) is 37.2 Å². The first-order valence-electron chi connectivity index (χ1n) is 5.50. The van der Waals surface area contributed by atoms with Gasteiger partial charge in [-0.3, -0.25) is 4.79 Å². The molecule has 1 rings (SSSR count). The third-order valence-electron chi connectivity index (χ3n) is 2.81. The van der Waals surface area contributed by atoms with Crippen LogP contribution in [-0.2, 0) is 10.0 Å². The number of aldehydes is 1. The van der Waals surface area contributed by atoms with E-state index in [0.29, 0.717) is 6.29 Å². The molecular weight excluding hydrogens is 242 g/mol. The zero-order chi connectivity index (χ0) is 13.1. The molecule has 0 amide bonds. The Kier molecular flexibility index (Phi) is 4.47. The molecule has 0 unspecified atom stereocenters. The molecule has 1 aromatic rings. The van der Waals surface area contributed by atoms with Crippen LogP contribution in [0, 0.1) is 0 Å². The van der Waals surface area contributed by atoms with Crippen molar-refractivity contribution in [2.24, 2.45) is 0 Å². The van der Waals surface area contributed by atoms with Gasteiger partial charge in [-0.05, 0) is 25.0 Å². The van der Waals surface area contributed by atoms with Crippen molar-refractivity contribution < 1.29 is 17.6 Å². The molecule has 0 saturated carbocycles. The molecule has 0 spiro atoms. The summed E-state index contributed by atoms with van der Waals surface area (Å²) in [7, 11) is -2.12. The molecule has 0 aliphatic heterocycles. The van der Waals surface area contributed by atoms with E-state index in [1.807, 2.05) is 13.8 Å². The maximum absolute atomic E-state index is 12.1. The number of nitrogens with zero attached hydrogens (tertiary/aromatic N) is 1. The summed E-state index contributed by atoms with van der Waals surface area (Å²) in [4.78, 5) is 10.5. The first-order chi connectivity index (χ1) is 7.97. The smallest absolute Gasteiger partial charge is 0.276 e. The van der Waals surface area contributed by atoms with Crippen molar-refractivity contribution in [2.45, 2.75) is 37.8 Å². The number of sulfonamides is 1. The first kappa shape index (κ1) is 13.9. The lowest BCUT2D eigenvalue weighted by atomic mass is 10.2. The molecule has 5 nitrogen and oxygen atoms in total. The van der Waals surface area contributed by atoms with Crippen LogP contribution in [0.3, 0.4) is 0 Å². The quantitative estimate of drug-likeness (QED) is 0.732. The Hall–Kier alpha value is -1.14. The second-order valence-electron chi connectivity index (χ2n) is 3.77. The molecule has 0 atom stereocenters. The van der Waals surface area contributed by atoms with Gasteiger partial charge in [-0.15, -0.1) is 0 Å². The minimum atomic E-state index is -3.64. The Morgan fingerprint density at radius 3 is 2.35 bits per heavy atom. The van der Waals surface area contributed by atoms with Gasteiger partial charge in [-0.2, -0.15) is 4.31 Å². The van der Waals surface area contributed by atoms with Gasteiger partial charge in [0.15, 0.2) is 12.0 Å².